The van der Waals surface area contributed by atoms with Crippen molar-refractivity contribution >= 4 is 15.7 Å². The SMILES string of the molecule is Cc1cccc([C@H]2CCCCCN2S(=O)(=O)c2ccc([N+](=O)[O-])cc2)c1. The van der Waals surface area contributed by atoms with Crippen LogP contribution in [0.2, 0.25) is 0 Å². The summed E-state index contributed by atoms with van der Waals surface area (Å²) in [6.45, 7) is 2.45. The lowest BCUT2D eigenvalue weighted by atomic mass is 10.0. The molecular formula is C19H22N2O4S. The zero-order chi connectivity index (χ0) is 18.7. The average molecular weight is 374 g/mol. The first-order valence-electron chi connectivity index (χ1n) is 8.72. The fourth-order valence-electron chi connectivity index (χ4n) is 3.46. The maximum atomic E-state index is 13.2. The molecule has 7 heteroatoms. The molecule has 0 spiro atoms. The van der Waals surface area contributed by atoms with Gasteiger partial charge in [-0.25, -0.2) is 8.42 Å². The van der Waals surface area contributed by atoms with Gasteiger partial charge in [0.25, 0.3) is 5.69 Å². The smallest absolute Gasteiger partial charge is 0.258 e. The molecule has 138 valence electrons. The third kappa shape index (κ3) is 3.78. The number of nitro benzene ring substituents is 1. The van der Waals surface area contributed by atoms with Crippen LogP contribution in [-0.4, -0.2) is 24.2 Å². The predicted molar refractivity (Wildman–Crippen MR) is 99.4 cm³/mol. The van der Waals surface area contributed by atoms with Gasteiger partial charge < -0.3 is 0 Å². The molecule has 1 heterocycles. The lowest BCUT2D eigenvalue weighted by Gasteiger charge is -2.29. The normalized spacial score (nSPS) is 19.0. The summed E-state index contributed by atoms with van der Waals surface area (Å²) in [5, 5.41) is 10.8. The van der Waals surface area contributed by atoms with Crippen LogP contribution in [0.25, 0.3) is 0 Å². The van der Waals surface area contributed by atoms with Gasteiger partial charge in [0.1, 0.15) is 0 Å². The van der Waals surface area contributed by atoms with Gasteiger partial charge in [-0.1, -0.05) is 42.7 Å². The lowest BCUT2D eigenvalue weighted by Crippen LogP contribution is -2.34. The molecule has 0 aliphatic carbocycles. The highest BCUT2D eigenvalue weighted by Gasteiger charge is 2.33. The van der Waals surface area contributed by atoms with E-state index in [0.29, 0.717) is 6.54 Å². The molecule has 0 unspecified atom stereocenters. The Labute approximate surface area is 153 Å². The van der Waals surface area contributed by atoms with E-state index >= 15 is 0 Å². The number of aryl methyl sites for hydroxylation is 1. The van der Waals surface area contributed by atoms with Crippen LogP contribution in [0.5, 0.6) is 0 Å². The Balaban J connectivity index is 2.00. The minimum Gasteiger partial charge on any atom is -0.258 e. The fourth-order valence-corrected chi connectivity index (χ4v) is 5.14. The largest absolute Gasteiger partial charge is 0.269 e. The van der Waals surface area contributed by atoms with E-state index in [0.717, 1.165) is 36.8 Å². The summed E-state index contributed by atoms with van der Waals surface area (Å²) in [5.41, 5.74) is 1.98. The number of nitro groups is 1. The molecule has 1 atom stereocenters. The summed E-state index contributed by atoms with van der Waals surface area (Å²) >= 11 is 0. The molecule has 0 radical (unpaired) electrons. The molecule has 0 amide bonds. The molecule has 0 saturated carbocycles. The molecule has 1 fully saturated rings. The summed E-state index contributed by atoms with van der Waals surface area (Å²) in [5.74, 6) is 0. The topological polar surface area (TPSA) is 80.5 Å². The maximum Gasteiger partial charge on any atom is 0.269 e. The number of rotatable bonds is 4. The summed E-state index contributed by atoms with van der Waals surface area (Å²) < 4.78 is 28.1. The Bertz CT molecular complexity index is 894. The van der Waals surface area contributed by atoms with Gasteiger partial charge in [0.05, 0.1) is 15.9 Å². The van der Waals surface area contributed by atoms with Crippen molar-refractivity contribution in [1.82, 2.24) is 4.31 Å². The second-order valence-corrected chi connectivity index (χ2v) is 8.54. The van der Waals surface area contributed by atoms with E-state index in [1.807, 2.05) is 31.2 Å². The molecule has 0 bridgehead atoms. The molecule has 2 aromatic carbocycles. The number of non-ortho nitro benzene ring substituents is 1. The van der Waals surface area contributed by atoms with Crippen molar-refractivity contribution in [3.63, 3.8) is 0 Å². The highest BCUT2D eigenvalue weighted by atomic mass is 32.2. The van der Waals surface area contributed by atoms with E-state index < -0.39 is 14.9 Å². The standard InChI is InChI=1S/C19H22N2O4S/c1-15-6-5-7-16(14-15)19-8-3-2-4-13-20(19)26(24,25)18-11-9-17(10-12-18)21(22)23/h5-7,9-12,14,19H,2-4,8,13H2,1H3/t19-/m1/s1. The van der Waals surface area contributed by atoms with Crippen LogP contribution in [-0.2, 0) is 10.0 Å². The van der Waals surface area contributed by atoms with Crippen molar-refractivity contribution in [3.8, 4) is 0 Å². The van der Waals surface area contributed by atoms with Crippen LogP contribution in [0, 0.1) is 17.0 Å². The third-order valence-corrected chi connectivity index (χ3v) is 6.71. The number of sulfonamides is 1. The lowest BCUT2D eigenvalue weighted by molar-refractivity contribution is -0.384. The summed E-state index contributed by atoms with van der Waals surface area (Å²) in [6, 6.07) is 12.9. The highest BCUT2D eigenvalue weighted by Crippen LogP contribution is 2.35. The zero-order valence-corrected chi connectivity index (χ0v) is 15.5. The molecule has 6 nitrogen and oxygen atoms in total. The van der Waals surface area contributed by atoms with E-state index in [-0.39, 0.29) is 16.6 Å². The second kappa shape index (κ2) is 7.55. The third-order valence-electron chi connectivity index (χ3n) is 4.78. The van der Waals surface area contributed by atoms with Gasteiger partial charge in [-0.3, -0.25) is 10.1 Å². The molecule has 3 rings (SSSR count). The van der Waals surface area contributed by atoms with Gasteiger partial charge in [-0.05, 0) is 37.5 Å². The Morgan fingerprint density at radius 3 is 2.46 bits per heavy atom. The van der Waals surface area contributed by atoms with E-state index in [1.54, 1.807) is 4.31 Å². The average Bonchev–Trinajstić information content (AvgIpc) is 2.88. The number of hydrogen-bond donors (Lipinski definition) is 0. The van der Waals surface area contributed by atoms with Crippen LogP contribution in [0.1, 0.15) is 42.9 Å². The Kier molecular flexibility index (Phi) is 5.38. The van der Waals surface area contributed by atoms with Crippen molar-refractivity contribution in [2.75, 3.05) is 6.54 Å². The molecule has 0 aromatic heterocycles. The second-order valence-electron chi connectivity index (χ2n) is 6.65. The molecule has 1 aliphatic rings. The Hall–Kier alpha value is -2.25. The summed E-state index contributed by atoms with van der Waals surface area (Å²) in [6.07, 6.45) is 3.56. The first kappa shape index (κ1) is 18.5. The van der Waals surface area contributed by atoms with E-state index in [4.69, 9.17) is 0 Å². The summed E-state index contributed by atoms with van der Waals surface area (Å²) in [4.78, 5) is 10.4. The number of hydrogen-bond acceptors (Lipinski definition) is 4. The van der Waals surface area contributed by atoms with Crippen molar-refractivity contribution in [2.45, 2.75) is 43.5 Å². The van der Waals surface area contributed by atoms with Crippen molar-refractivity contribution < 1.29 is 13.3 Å². The molecule has 1 aliphatic heterocycles. The first-order chi connectivity index (χ1) is 12.4. The number of nitrogens with zero attached hydrogens (tertiary/aromatic N) is 2. The molecule has 26 heavy (non-hydrogen) atoms. The molecule has 1 saturated heterocycles. The van der Waals surface area contributed by atoms with Crippen LogP contribution in [0.4, 0.5) is 5.69 Å². The van der Waals surface area contributed by atoms with Gasteiger partial charge in [0, 0.05) is 18.7 Å². The monoisotopic (exact) mass is 374 g/mol. The Morgan fingerprint density at radius 1 is 1.08 bits per heavy atom. The zero-order valence-electron chi connectivity index (χ0n) is 14.7. The Morgan fingerprint density at radius 2 is 1.81 bits per heavy atom. The molecular weight excluding hydrogens is 352 g/mol. The maximum absolute atomic E-state index is 13.2. The van der Waals surface area contributed by atoms with Crippen LogP contribution < -0.4 is 0 Å². The predicted octanol–water partition coefficient (Wildman–Crippen LogP) is 4.21. The van der Waals surface area contributed by atoms with Gasteiger partial charge >= 0.3 is 0 Å². The van der Waals surface area contributed by atoms with Gasteiger partial charge in [0.15, 0.2) is 0 Å². The van der Waals surface area contributed by atoms with Crippen LogP contribution in [0.3, 0.4) is 0 Å². The van der Waals surface area contributed by atoms with Crippen molar-refractivity contribution in [3.05, 3.63) is 69.8 Å². The first-order valence-corrected chi connectivity index (χ1v) is 10.2. The van der Waals surface area contributed by atoms with Gasteiger partial charge in [-0.15, -0.1) is 0 Å². The van der Waals surface area contributed by atoms with Crippen LogP contribution in [0.15, 0.2) is 53.4 Å². The van der Waals surface area contributed by atoms with E-state index in [2.05, 4.69) is 0 Å². The van der Waals surface area contributed by atoms with E-state index in [1.165, 1.54) is 24.3 Å². The molecule has 0 N–H and O–H groups in total. The summed E-state index contributed by atoms with van der Waals surface area (Å²) in [7, 11) is -3.73. The van der Waals surface area contributed by atoms with Crippen molar-refractivity contribution in [1.29, 1.82) is 0 Å². The van der Waals surface area contributed by atoms with E-state index in [9.17, 15) is 18.5 Å². The minimum atomic E-state index is -3.73. The van der Waals surface area contributed by atoms with Gasteiger partial charge in [0.2, 0.25) is 10.0 Å². The van der Waals surface area contributed by atoms with Crippen LogP contribution >= 0.6 is 0 Å². The van der Waals surface area contributed by atoms with Gasteiger partial charge in [-0.2, -0.15) is 4.31 Å². The number of benzene rings is 2. The quantitative estimate of drug-likeness (QED) is 0.593. The minimum absolute atomic E-state index is 0.0997. The van der Waals surface area contributed by atoms with Crippen molar-refractivity contribution in [2.24, 2.45) is 0 Å². The molecule has 2 aromatic rings. The fraction of sp³-hybridized carbons (Fsp3) is 0.368. The highest BCUT2D eigenvalue weighted by molar-refractivity contribution is 7.89.